The number of carbonyl (C=O) groups excluding carboxylic acids is 6. The second-order valence-electron chi connectivity index (χ2n) is 11.8. The standard InChI is InChI=1S/C31H48N8O10/c1-17(40)26-31(49)36-20(6-2-4-12-32)27(45)34-16-24(42)35-21(7-3-5-13-33)28(46)37-22(14-18-8-10-19(41)11-9-18)29(47)38-23(15-25(43)44)30(48)39-26/h8-11,17,20-23,26,40-41H,2-7,12-16,32-33H2,1H3,(H,34,45)(H,35,42)(H,36,49)(H,37,46)(H,38,47)(H,39,48)(H,43,44)/t17-,20-,21-,22+,23-,26+/m1/s1. The number of aliphatic hydroxyl groups excluding tert-OH is 1. The number of aliphatic carboxylic acids is 1. The normalized spacial score (nSPS) is 23.8. The molecule has 18 nitrogen and oxygen atoms in total. The minimum absolute atomic E-state index is 0.0616. The van der Waals surface area contributed by atoms with Gasteiger partial charge in [0.1, 0.15) is 36.0 Å². The van der Waals surface area contributed by atoms with E-state index in [1.165, 1.54) is 31.2 Å². The van der Waals surface area contributed by atoms with Gasteiger partial charge < -0.3 is 58.7 Å². The molecule has 0 spiro atoms. The number of hydrogen-bond donors (Lipinski definition) is 11. The highest BCUT2D eigenvalue weighted by atomic mass is 16.4. The highest BCUT2D eigenvalue weighted by Crippen LogP contribution is 2.13. The van der Waals surface area contributed by atoms with E-state index in [4.69, 9.17) is 11.5 Å². The van der Waals surface area contributed by atoms with Gasteiger partial charge in [-0.25, -0.2) is 0 Å². The molecule has 13 N–H and O–H groups in total. The lowest BCUT2D eigenvalue weighted by molar-refractivity contribution is -0.142. The summed E-state index contributed by atoms with van der Waals surface area (Å²) in [5.41, 5.74) is 11.6. The van der Waals surface area contributed by atoms with Crippen molar-refractivity contribution in [2.24, 2.45) is 11.5 Å². The Kier molecular flexibility index (Phi) is 16.9. The van der Waals surface area contributed by atoms with Crippen LogP contribution in [0.3, 0.4) is 0 Å². The van der Waals surface area contributed by atoms with Gasteiger partial charge in [0.25, 0.3) is 0 Å². The number of aliphatic hydroxyl groups is 1. The van der Waals surface area contributed by atoms with Crippen LogP contribution in [0.1, 0.15) is 57.4 Å². The van der Waals surface area contributed by atoms with Crippen molar-refractivity contribution in [1.82, 2.24) is 31.9 Å². The largest absolute Gasteiger partial charge is 0.508 e. The Morgan fingerprint density at radius 1 is 0.735 bits per heavy atom. The molecule has 0 bridgehead atoms. The molecule has 0 unspecified atom stereocenters. The first-order valence-electron chi connectivity index (χ1n) is 16.1. The zero-order chi connectivity index (χ0) is 36.5. The quantitative estimate of drug-likeness (QED) is 0.0902. The fourth-order valence-corrected chi connectivity index (χ4v) is 4.99. The number of carboxylic acids is 1. The van der Waals surface area contributed by atoms with Crippen LogP contribution in [0, 0.1) is 0 Å². The molecular formula is C31H48N8O10. The molecule has 0 saturated carbocycles. The van der Waals surface area contributed by atoms with Crippen LogP contribution in [-0.4, -0.2) is 113 Å². The third kappa shape index (κ3) is 14.1. The Morgan fingerprint density at radius 2 is 1.24 bits per heavy atom. The van der Waals surface area contributed by atoms with Gasteiger partial charge in [-0.1, -0.05) is 12.1 Å². The van der Waals surface area contributed by atoms with E-state index in [9.17, 15) is 48.9 Å². The van der Waals surface area contributed by atoms with Gasteiger partial charge in [0.15, 0.2) is 0 Å². The number of amides is 6. The molecule has 1 fully saturated rings. The Morgan fingerprint density at radius 3 is 1.80 bits per heavy atom. The summed E-state index contributed by atoms with van der Waals surface area (Å²) in [6.45, 7) is 1.22. The minimum atomic E-state index is -1.78. The molecule has 6 amide bonds. The number of unbranched alkanes of at least 4 members (excludes halogenated alkanes) is 2. The molecule has 0 aromatic heterocycles. The van der Waals surface area contributed by atoms with Crippen molar-refractivity contribution in [1.29, 1.82) is 0 Å². The van der Waals surface area contributed by atoms with Gasteiger partial charge in [-0.15, -0.1) is 0 Å². The van der Waals surface area contributed by atoms with Crippen LogP contribution in [0.15, 0.2) is 24.3 Å². The van der Waals surface area contributed by atoms with Crippen molar-refractivity contribution in [2.45, 2.75) is 94.6 Å². The van der Waals surface area contributed by atoms with Crippen LogP contribution >= 0.6 is 0 Å². The van der Waals surface area contributed by atoms with Crippen molar-refractivity contribution in [2.75, 3.05) is 19.6 Å². The number of benzene rings is 1. The van der Waals surface area contributed by atoms with Crippen molar-refractivity contribution >= 4 is 41.4 Å². The van der Waals surface area contributed by atoms with Gasteiger partial charge in [-0.2, -0.15) is 0 Å². The van der Waals surface area contributed by atoms with Gasteiger partial charge in [-0.3, -0.25) is 33.6 Å². The summed E-state index contributed by atoms with van der Waals surface area (Å²) in [7, 11) is 0. The lowest BCUT2D eigenvalue weighted by Crippen LogP contribution is -2.62. The first kappa shape index (κ1) is 40.4. The topological polar surface area (TPSA) is 304 Å². The van der Waals surface area contributed by atoms with E-state index in [0.717, 1.165) is 0 Å². The average molecular weight is 693 g/mol. The summed E-state index contributed by atoms with van der Waals surface area (Å²) in [5.74, 6) is -6.93. The third-order valence-corrected chi connectivity index (χ3v) is 7.69. The zero-order valence-electron chi connectivity index (χ0n) is 27.4. The van der Waals surface area contributed by atoms with E-state index in [-0.39, 0.29) is 25.0 Å². The van der Waals surface area contributed by atoms with E-state index in [1.54, 1.807) is 0 Å². The Hall–Kier alpha value is -4.81. The van der Waals surface area contributed by atoms with Crippen LogP contribution in [0.2, 0.25) is 0 Å². The minimum Gasteiger partial charge on any atom is -0.508 e. The van der Waals surface area contributed by atoms with Crippen molar-refractivity contribution in [3.63, 3.8) is 0 Å². The van der Waals surface area contributed by atoms with Crippen molar-refractivity contribution < 1.29 is 48.9 Å². The number of nitrogens with two attached hydrogens (primary N) is 2. The van der Waals surface area contributed by atoms with Crippen LogP contribution in [0.25, 0.3) is 0 Å². The summed E-state index contributed by atoms with van der Waals surface area (Å²) < 4.78 is 0. The highest BCUT2D eigenvalue weighted by Gasteiger charge is 2.35. The first-order chi connectivity index (χ1) is 23.2. The summed E-state index contributed by atoms with van der Waals surface area (Å²) in [6, 6.07) is -1.61. The van der Waals surface area contributed by atoms with Crippen molar-refractivity contribution in [3.05, 3.63) is 29.8 Å². The van der Waals surface area contributed by atoms with E-state index in [1.807, 2.05) is 0 Å². The Bertz CT molecular complexity index is 1310. The van der Waals surface area contributed by atoms with Gasteiger partial charge in [0.05, 0.1) is 19.1 Å². The summed E-state index contributed by atoms with van der Waals surface area (Å²) in [4.78, 5) is 91.7. The number of phenols is 1. The molecular weight excluding hydrogens is 644 g/mol. The van der Waals surface area contributed by atoms with Crippen LogP contribution < -0.4 is 43.4 Å². The number of aromatic hydroxyl groups is 1. The van der Waals surface area contributed by atoms with E-state index in [2.05, 4.69) is 31.9 Å². The SMILES string of the molecule is C[C@@H](O)[C@@H]1NC(=O)[C@@H](CC(=O)O)NC(=O)[C@H](Cc2ccc(O)cc2)NC(=O)[C@@H](CCCCN)NC(=O)CNC(=O)[C@@H](CCCCN)NC1=O. The Labute approximate surface area is 283 Å². The van der Waals surface area contributed by atoms with E-state index < -0.39 is 90.7 Å². The lowest BCUT2D eigenvalue weighted by Gasteiger charge is -2.28. The smallest absolute Gasteiger partial charge is 0.305 e. The van der Waals surface area contributed by atoms with Crippen molar-refractivity contribution in [3.8, 4) is 5.75 Å². The number of rotatable bonds is 13. The molecule has 0 aliphatic carbocycles. The van der Waals surface area contributed by atoms with Crippen LogP contribution in [-0.2, 0) is 40.0 Å². The lowest BCUT2D eigenvalue weighted by atomic mass is 10.0. The molecule has 1 saturated heterocycles. The fourth-order valence-electron chi connectivity index (χ4n) is 4.99. The van der Waals surface area contributed by atoms with Crippen LogP contribution in [0.5, 0.6) is 5.75 Å². The van der Waals surface area contributed by atoms with Gasteiger partial charge in [-0.05, 0) is 76.2 Å². The summed E-state index contributed by atoms with van der Waals surface area (Å²) >= 11 is 0. The second kappa shape index (κ2) is 20.5. The molecule has 6 atom stereocenters. The maximum atomic E-state index is 13.6. The highest BCUT2D eigenvalue weighted by molar-refractivity contribution is 5.98. The van der Waals surface area contributed by atoms with E-state index in [0.29, 0.717) is 44.3 Å². The number of carboxylic acid groups (broad SMARTS) is 1. The maximum absolute atomic E-state index is 13.6. The van der Waals surface area contributed by atoms with E-state index >= 15 is 0 Å². The average Bonchev–Trinajstić information content (AvgIpc) is 3.04. The molecule has 0 radical (unpaired) electrons. The molecule has 2 rings (SSSR count). The number of carbonyl (C=O) groups is 7. The molecule has 1 aromatic carbocycles. The zero-order valence-corrected chi connectivity index (χ0v) is 27.4. The molecule has 18 heteroatoms. The Balaban J connectivity index is 2.55. The number of phenolic OH excluding ortho intramolecular Hbond substituents is 1. The maximum Gasteiger partial charge on any atom is 0.305 e. The molecule has 1 aliphatic heterocycles. The number of hydrogen-bond acceptors (Lipinski definition) is 11. The third-order valence-electron chi connectivity index (χ3n) is 7.69. The summed E-state index contributed by atoms with van der Waals surface area (Å²) in [5, 5.41) is 44.2. The first-order valence-corrected chi connectivity index (χ1v) is 16.1. The fraction of sp³-hybridized carbons (Fsp3) is 0.581. The molecule has 1 heterocycles. The van der Waals surface area contributed by atoms with Gasteiger partial charge >= 0.3 is 5.97 Å². The van der Waals surface area contributed by atoms with Gasteiger partial charge in [0, 0.05) is 6.42 Å². The van der Waals surface area contributed by atoms with Crippen LogP contribution in [0.4, 0.5) is 0 Å². The molecule has 1 aliphatic rings. The molecule has 272 valence electrons. The molecule has 49 heavy (non-hydrogen) atoms. The predicted molar refractivity (Wildman–Crippen MR) is 174 cm³/mol. The number of nitrogens with one attached hydrogen (secondary N) is 6. The van der Waals surface area contributed by atoms with Gasteiger partial charge in [0.2, 0.25) is 35.4 Å². The summed E-state index contributed by atoms with van der Waals surface area (Å²) in [6.07, 6.45) is -0.633. The molecule has 1 aromatic rings. The second-order valence-corrected chi connectivity index (χ2v) is 11.8. The predicted octanol–water partition coefficient (Wildman–Crippen LogP) is -3.40. The monoisotopic (exact) mass is 692 g/mol.